The van der Waals surface area contributed by atoms with E-state index >= 15 is 0 Å². The minimum absolute atomic E-state index is 0.157. The number of fused-ring (bicyclic) bond motifs is 1. The molecule has 10 heteroatoms. The van der Waals surface area contributed by atoms with Crippen LogP contribution in [-0.2, 0) is 25.9 Å². The summed E-state index contributed by atoms with van der Waals surface area (Å²) in [5.74, 6) is 0.578. The molecule has 0 aromatic heterocycles. The molecule has 0 fully saturated rings. The summed E-state index contributed by atoms with van der Waals surface area (Å²) in [5.41, 5.74) is 7.34. The molecule has 0 amide bonds. The van der Waals surface area contributed by atoms with Crippen molar-refractivity contribution < 1.29 is 22.6 Å². The minimum Gasteiger partial charge on any atom is -0.486 e. The predicted molar refractivity (Wildman–Crippen MR) is 120 cm³/mol. The lowest BCUT2D eigenvalue weighted by Gasteiger charge is -2.16. The second kappa shape index (κ2) is 11.5. The third kappa shape index (κ3) is 6.79. The van der Waals surface area contributed by atoms with Crippen LogP contribution in [0.4, 0.5) is 0 Å². The van der Waals surface area contributed by atoms with Crippen molar-refractivity contribution in [3.63, 3.8) is 0 Å². The normalized spacial score (nSPS) is 15.8. The van der Waals surface area contributed by atoms with E-state index in [1.54, 1.807) is 18.2 Å². The van der Waals surface area contributed by atoms with Gasteiger partial charge in [-0.15, -0.1) is 0 Å². The van der Waals surface area contributed by atoms with Gasteiger partial charge in [0.05, 0.1) is 31.3 Å². The Labute approximate surface area is 192 Å². The second-order valence-corrected chi connectivity index (χ2v) is 9.59. The van der Waals surface area contributed by atoms with Gasteiger partial charge in [-0.3, -0.25) is 0 Å². The van der Waals surface area contributed by atoms with Crippen molar-refractivity contribution in [3.8, 4) is 5.75 Å². The lowest BCUT2D eigenvalue weighted by atomic mass is 10.1. The summed E-state index contributed by atoms with van der Waals surface area (Å²) in [6.07, 6.45) is 1.43. The molecule has 0 unspecified atom stereocenters. The SMILES string of the molecule is NCCOCCOCCNS(=O)(=O)c1ccc(O[C@@H]2CCc3c(Cl)cc(Cl)cc32)cc1. The number of nitrogens with one attached hydrogen (secondary N) is 1. The molecule has 0 saturated carbocycles. The Morgan fingerprint density at radius 2 is 1.74 bits per heavy atom. The van der Waals surface area contributed by atoms with Crippen LogP contribution in [0.15, 0.2) is 41.3 Å². The molecule has 1 aliphatic carbocycles. The first-order chi connectivity index (χ1) is 14.9. The molecule has 0 bridgehead atoms. The molecular weight excluding hydrogens is 463 g/mol. The zero-order chi connectivity index (χ0) is 22.3. The van der Waals surface area contributed by atoms with Crippen molar-refractivity contribution >= 4 is 33.2 Å². The van der Waals surface area contributed by atoms with Crippen LogP contribution in [0.2, 0.25) is 10.0 Å². The molecule has 1 aliphatic rings. The Morgan fingerprint density at radius 1 is 1.03 bits per heavy atom. The largest absolute Gasteiger partial charge is 0.486 e. The Kier molecular flexibility index (Phi) is 8.97. The van der Waals surface area contributed by atoms with E-state index in [4.69, 9.17) is 43.1 Å². The molecule has 0 aliphatic heterocycles. The average Bonchev–Trinajstić information content (AvgIpc) is 3.13. The summed E-state index contributed by atoms with van der Waals surface area (Å²) in [6.45, 7) is 2.16. The van der Waals surface area contributed by atoms with Crippen LogP contribution < -0.4 is 15.2 Å². The monoisotopic (exact) mass is 488 g/mol. The average molecular weight is 489 g/mol. The molecule has 3 N–H and O–H groups in total. The highest BCUT2D eigenvalue weighted by molar-refractivity contribution is 7.89. The maximum atomic E-state index is 12.4. The fraction of sp³-hybridized carbons (Fsp3) is 0.429. The Morgan fingerprint density at radius 3 is 2.45 bits per heavy atom. The van der Waals surface area contributed by atoms with Crippen molar-refractivity contribution in [1.29, 1.82) is 0 Å². The first kappa shape index (κ1) is 24.3. The molecule has 3 rings (SSSR count). The van der Waals surface area contributed by atoms with E-state index in [0.717, 1.165) is 24.0 Å². The molecular formula is C21H26Cl2N2O5S. The topological polar surface area (TPSA) is 99.9 Å². The Hall–Kier alpha value is -1.39. The van der Waals surface area contributed by atoms with Crippen LogP contribution in [0.1, 0.15) is 23.7 Å². The molecule has 0 spiro atoms. The highest BCUT2D eigenvalue weighted by atomic mass is 35.5. The van der Waals surface area contributed by atoms with Crippen LogP contribution in [-0.4, -0.2) is 47.9 Å². The summed E-state index contributed by atoms with van der Waals surface area (Å²) in [4.78, 5) is 0.157. The molecule has 170 valence electrons. The summed E-state index contributed by atoms with van der Waals surface area (Å²) in [6, 6.07) is 9.92. The maximum Gasteiger partial charge on any atom is 0.240 e. The van der Waals surface area contributed by atoms with Gasteiger partial charge in [0, 0.05) is 23.1 Å². The van der Waals surface area contributed by atoms with Gasteiger partial charge in [-0.05, 0) is 60.4 Å². The molecule has 0 heterocycles. The van der Waals surface area contributed by atoms with Crippen molar-refractivity contribution in [2.75, 3.05) is 39.5 Å². The highest BCUT2D eigenvalue weighted by Crippen LogP contribution is 2.40. The number of halogens is 2. The van der Waals surface area contributed by atoms with Gasteiger partial charge in [-0.2, -0.15) is 0 Å². The fourth-order valence-corrected chi connectivity index (χ4v) is 4.94. The molecule has 2 aromatic carbocycles. The van der Waals surface area contributed by atoms with Crippen molar-refractivity contribution in [1.82, 2.24) is 4.72 Å². The zero-order valence-corrected chi connectivity index (χ0v) is 19.3. The smallest absolute Gasteiger partial charge is 0.240 e. The van der Waals surface area contributed by atoms with Crippen molar-refractivity contribution in [3.05, 3.63) is 57.6 Å². The van der Waals surface area contributed by atoms with E-state index in [1.807, 2.05) is 6.07 Å². The zero-order valence-electron chi connectivity index (χ0n) is 17.0. The van der Waals surface area contributed by atoms with Crippen LogP contribution >= 0.6 is 23.2 Å². The fourth-order valence-electron chi connectivity index (χ4n) is 3.33. The van der Waals surface area contributed by atoms with Crippen LogP contribution in [0.5, 0.6) is 5.75 Å². The third-order valence-electron chi connectivity index (χ3n) is 4.78. The highest BCUT2D eigenvalue weighted by Gasteiger charge is 2.27. The van der Waals surface area contributed by atoms with Gasteiger partial charge in [-0.25, -0.2) is 13.1 Å². The minimum atomic E-state index is -3.63. The van der Waals surface area contributed by atoms with Gasteiger partial charge in [0.1, 0.15) is 11.9 Å². The van der Waals surface area contributed by atoms with E-state index < -0.39 is 10.0 Å². The summed E-state index contributed by atoms with van der Waals surface area (Å²) < 4.78 is 43.9. The van der Waals surface area contributed by atoms with Gasteiger partial charge in [0.15, 0.2) is 0 Å². The quantitative estimate of drug-likeness (QED) is 0.444. The van der Waals surface area contributed by atoms with E-state index in [-0.39, 0.29) is 24.2 Å². The van der Waals surface area contributed by atoms with Crippen molar-refractivity contribution in [2.24, 2.45) is 5.73 Å². The van der Waals surface area contributed by atoms with E-state index in [9.17, 15) is 8.42 Å². The second-order valence-electron chi connectivity index (χ2n) is 6.98. The predicted octanol–water partition coefficient (Wildman–Crippen LogP) is 3.33. The lowest BCUT2D eigenvalue weighted by Crippen LogP contribution is -2.28. The number of sulfonamides is 1. The molecule has 31 heavy (non-hydrogen) atoms. The van der Waals surface area contributed by atoms with E-state index in [0.29, 0.717) is 42.2 Å². The van der Waals surface area contributed by atoms with Gasteiger partial charge in [-0.1, -0.05) is 23.2 Å². The molecule has 2 aromatic rings. The summed E-state index contributed by atoms with van der Waals surface area (Å²) in [7, 11) is -3.63. The van der Waals surface area contributed by atoms with Crippen molar-refractivity contribution in [2.45, 2.75) is 23.8 Å². The van der Waals surface area contributed by atoms with Crippen LogP contribution in [0, 0.1) is 0 Å². The number of nitrogens with two attached hydrogens (primary N) is 1. The number of ether oxygens (including phenoxy) is 3. The summed E-state index contributed by atoms with van der Waals surface area (Å²) in [5, 5.41) is 1.21. The van der Waals surface area contributed by atoms with E-state index in [2.05, 4.69) is 4.72 Å². The van der Waals surface area contributed by atoms with Gasteiger partial charge in [0.25, 0.3) is 0 Å². The summed E-state index contributed by atoms with van der Waals surface area (Å²) >= 11 is 12.4. The molecule has 1 atom stereocenters. The first-order valence-electron chi connectivity index (χ1n) is 10.0. The van der Waals surface area contributed by atoms with Crippen LogP contribution in [0.3, 0.4) is 0 Å². The van der Waals surface area contributed by atoms with Gasteiger partial charge >= 0.3 is 0 Å². The van der Waals surface area contributed by atoms with Crippen LogP contribution in [0.25, 0.3) is 0 Å². The number of rotatable bonds is 12. The lowest BCUT2D eigenvalue weighted by molar-refractivity contribution is 0.0530. The third-order valence-corrected chi connectivity index (χ3v) is 6.82. The molecule has 7 nitrogen and oxygen atoms in total. The molecule has 0 saturated heterocycles. The van der Waals surface area contributed by atoms with Gasteiger partial charge < -0.3 is 19.9 Å². The van der Waals surface area contributed by atoms with E-state index in [1.165, 1.54) is 12.1 Å². The van der Waals surface area contributed by atoms with Gasteiger partial charge in [0.2, 0.25) is 10.0 Å². The number of hydrogen-bond donors (Lipinski definition) is 2. The number of hydrogen-bond acceptors (Lipinski definition) is 6. The maximum absolute atomic E-state index is 12.4. The Bertz CT molecular complexity index is 970. The molecule has 0 radical (unpaired) electrons. The first-order valence-corrected chi connectivity index (χ1v) is 12.2. The standard InChI is InChI=1S/C21H26Cl2N2O5S/c22-15-13-19-18(20(23)14-15)5-6-21(19)30-16-1-3-17(4-2-16)31(26,27)25-8-10-29-12-11-28-9-7-24/h1-4,13-14,21,25H,5-12,24H2/t21-/m1/s1. The number of benzene rings is 2. The Balaban J connectivity index is 1.50.